The zero-order chi connectivity index (χ0) is 12.3. The van der Waals surface area contributed by atoms with Crippen molar-refractivity contribution in [2.45, 2.75) is 0 Å². The first-order valence-corrected chi connectivity index (χ1v) is 5.82. The van der Waals surface area contributed by atoms with Crippen LogP contribution in [0.15, 0.2) is 34.8 Å². The van der Waals surface area contributed by atoms with Gasteiger partial charge in [-0.3, -0.25) is 0 Å². The molecule has 0 spiro atoms. The second-order valence-corrected chi connectivity index (χ2v) is 4.41. The van der Waals surface area contributed by atoms with Gasteiger partial charge in [0.1, 0.15) is 0 Å². The standard InChI is InChI=1S/C11H6BrClN4/c12-8-5-7(6-14)1-2-9(8)15-11-4-3-10(13)16-17-11/h1-5H,(H,15,17). The van der Waals surface area contributed by atoms with Crippen molar-refractivity contribution in [2.75, 3.05) is 5.32 Å². The van der Waals surface area contributed by atoms with E-state index >= 15 is 0 Å². The molecule has 2 aromatic rings. The third kappa shape index (κ3) is 2.93. The quantitative estimate of drug-likeness (QED) is 0.922. The zero-order valence-electron chi connectivity index (χ0n) is 8.48. The summed E-state index contributed by atoms with van der Waals surface area (Å²) < 4.78 is 0.785. The molecule has 0 aliphatic heterocycles. The fraction of sp³-hybridized carbons (Fsp3) is 0. The van der Waals surface area contributed by atoms with Crippen LogP contribution in [0, 0.1) is 11.3 Å². The molecule has 84 valence electrons. The highest BCUT2D eigenvalue weighted by Gasteiger charge is 2.03. The van der Waals surface area contributed by atoms with Crippen molar-refractivity contribution in [3.63, 3.8) is 0 Å². The fourth-order valence-electron chi connectivity index (χ4n) is 1.21. The van der Waals surface area contributed by atoms with Crippen LogP contribution in [-0.4, -0.2) is 10.2 Å². The molecule has 0 aliphatic carbocycles. The number of aromatic nitrogens is 2. The molecule has 0 bridgehead atoms. The maximum Gasteiger partial charge on any atom is 0.153 e. The number of halogens is 2. The van der Waals surface area contributed by atoms with Gasteiger partial charge in [-0.25, -0.2) is 0 Å². The Morgan fingerprint density at radius 2 is 2.06 bits per heavy atom. The number of hydrogen-bond acceptors (Lipinski definition) is 4. The summed E-state index contributed by atoms with van der Waals surface area (Å²) in [6, 6.07) is 10.7. The lowest BCUT2D eigenvalue weighted by Crippen LogP contribution is -1.96. The number of hydrogen-bond donors (Lipinski definition) is 1. The van der Waals surface area contributed by atoms with Gasteiger partial charge in [0, 0.05) is 4.47 Å². The van der Waals surface area contributed by atoms with Gasteiger partial charge in [0.2, 0.25) is 0 Å². The number of rotatable bonds is 2. The summed E-state index contributed by atoms with van der Waals surface area (Å²) in [4.78, 5) is 0. The van der Waals surface area contributed by atoms with Crippen molar-refractivity contribution in [3.8, 4) is 6.07 Å². The highest BCUT2D eigenvalue weighted by atomic mass is 79.9. The van der Waals surface area contributed by atoms with Crippen LogP contribution in [0.5, 0.6) is 0 Å². The summed E-state index contributed by atoms with van der Waals surface area (Å²) in [7, 11) is 0. The SMILES string of the molecule is N#Cc1ccc(Nc2ccc(Cl)nn2)c(Br)c1. The lowest BCUT2D eigenvalue weighted by Gasteiger charge is -2.07. The topological polar surface area (TPSA) is 61.6 Å². The van der Waals surface area contributed by atoms with E-state index in [1.807, 2.05) is 0 Å². The minimum atomic E-state index is 0.342. The van der Waals surface area contributed by atoms with E-state index < -0.39 is 0 Å². The third-order valence-electron chi connectivity index (χ3n) is 1.99. The van der Waals surface area contributed by atoms with Crippen molar-refractivity contribution in [3.05, 3.63) is 45.5 Å². The summed E-state index contributed by atoms with van der Waals surface area (Å²) in [5, 5.41) is 19.8. The largest absolute Gasteiger partial charge is 0.338 e. The average Bonchev–Trinajstić information content (AvgIpc) is 2.34. The van der Waals surface area contributed by atoms with Crippen LogP contribution in [0.25, 0.3) is 0 Å². The van der Waals surface area contributed by atoms with E-state index in [1.54, 1.807) is 30.3 Å². The average molecular weight is 310 g/mol. The molecular weight excluding hydrogens is 304 g/mol. The first kappa shape index (κ1) is 11.8. The highest BCUT2D eigenvalue weighted by Crippen LogP contribution is 2.26. The molecular formula is C11H6BrClN4. The normalized spacial score (nSPS) is 9.71. The van der Waals surface area contributed by atoms with Gasteiger partial charge in [0.25, 0.3) is 0 Å². The predicted molar refractivity (Wildman–Crippen MR) is 69.2 cm³/mol. The first-order chi connectivity index (χ1) is 8.19. The molecule has 1 aromatic carbocycles. The predicted octanol–water partition coefficient (Wildman–Crippen LogP) is 3.51. The molecule has 0 fully saturated rings. The zero-order valence-corrected chi connectivity index (χ0v) is 10.8. The smallest absolute Gasteiger partial charge is 0.153 e. The van der Waals surface area contributed by atoms with E-state index in [0.29, 0.717) is 16.5 Å². The molecule has 17 heavy (non-hydrogen) atoms. The molecule has 0 saturated heterocycles. The molecule has 6 heteroatoms. The Morgan fingerprint density at radius 3 is 2.65 bits per heavy atom. The summed E-state index contributed by atoms with van der Waals surface area (Å²) in [5.41, 5.74) is 1.39. The Morgan fingerprint density at radius 1 is 1.24 bits per heavy atom. The van der Waals surface area contributed by atoms with Crippen LogP contribution in [0.3, 0.4) is 0 Å². The molecule has 0 aliphatic rings. The molecule has 1 aromatic heterocycles. The molecule has 0 unspecified atom stereocenters. The maximum absolute atomic E-state index is 8.74. The van der Waals surface area contributed by atoms with Crippen LogP contribution in [0.1, 0.15) is 5.56 Å². The maximum atomic E-state index is 8.74. The van der Waals surface area contributed by atoms with Gasteiger partial charge in [0.15, 0.2) is 11.0 Å². The summed E-state index contributed by atoms with van der Waals surface area (Å²) in [5.74, 6) is 0.583. The van der Waals surface area contributed by atoms with Crippen LogP contribution < -0.4 is 5.32 Å². The molecule has 0 amide bonds. The molecule has 0 saturated carbocycles. The number of benzene rings is 1. The van der Waals surface area contributed by atoms with Gasteiger partial charge in [-0.2, -0.15) is 5.26 Å². The molecule has 1 N–H and O–H groups in total. The van der Waals surface area contributed by atoms with E-state index in [2.05, 4.69) is 37.5 Å². The van der Waals surface area contributed by atoms with Crippen molar-refractivity contribution >= 4 is 39.0 Å². The van der Waals surface area contributed by atoms with Gasteiger partial charge in [-0.15, -0.1) is 10.2 Å². The Labute approximate surface area is 111 Å². The second-order valence-electron chi connectivity index (χ2n) is 3.17. The van der Waals surface area contributed by atoms with E-state index in [-0.39, 0.29) is 0 Å². The number of nitriles is 1. The summed E-state index contributed by atoms with van der Waals surface area (Å²) >= 11 is 9.01. The monoisotopic (exact) mass is 308 g/mol. The summed E-state index contributed by atoms with van der Waals surface area (Å²) in [6.07, 6.45) is 0. The first-order valence-electron chi connectivity index (χ1n) is 4.65. The third-order valence-corrected chi connectivity index (χ3v) is 2.85. The van der Waals surface area contributed by atoms with Crippen LogP contribution in [0.2, 0.25) is 5.15 Å². The number of anilines is 2. The van der Waals surface area contributed by atoms with Gasteiger partial charge >= 0.3 is 0 Å². The minimum Gasteiger partial charge on any atom is -0.338 e. The van der Waals surface area contributed by atoms with E-state index in [1.165, 1.54) is 0 Å². The Bertz CT molecular complexity index is 577. The van der Waals surface area contributed by atoms with Crippen molar-refractivity contribution in [1.29, 1.82) is 5.26 Å². The van der Waals surface area contributed by atoms with E-state index in [0.717, 1.165) is 10.2 Å². The fourth-order valence-corrected chi connectivity index (χ4v) is 1.79. The van der Waals surface area contributed by atoms with Crippen LogP contribution in [0.4, 0.5) is 11.5 Å². The van der Waals surface area contributed by atoms with Crippen molar-refractivity contribution < 1.29 is 0 Å². The van der Waals surface area contributed by atoms with Crippen LogP contribution >= 0.6 is 27.5 Å². The Hall–Kier alpha value is -1.64. The highest BCUT2D eigenvalue weighted by molar-refractivity contribution is 9.10. The summed E-state index contributed by atoms with van der Waals surface area (Å²) in [6.45, 7) is 0. The van der Waals surface area contributed by atoms with E-state index in [9.17, 15) is 0 Å². The van der Waals surface area contributed by atoms with Gasteiger partial charge in [0.05, 0.1) is 17.3 Å². The lowest BCUT2D eigenvalue weighted by atomic mass is 10.2. The Kier molecular flexibility index (Phi) is 3.57. The molecule has 2 rings (SSSR count). The Balaban J connectivity index is 2.25. The van der Waals surface area contributed by atoms with Crippen molar-refractivity contribution in [1.82, 2.24) is 10.2 Å². The van der Waals surface area contributed by atoms with Gasteiger partial charge in [-0.05, 0) is 46.3 Å². The molecule has 0 atom stereocenters. The van der Waals surface area contributed by atoms with E-state index in [4.69, 9.17) is 16.9 Å². The number of nitrogens with one attached hydrogen (secondary N) is 1. The molecule has 0 radical (unpaired) electrons. The minimum absolute atomic E-state index is 0.342. The number of nitrogens with zero attached hydrogens (tertiary/aromatic N) is 3. The van der Waals surface area contributed by atoms with Crippen molar-refractivity contribution in [2.24, 2.45) is 0 Å². The molecule has 4 nitrogen and oxygen atoms in total. The van der Waals surface area contributed by atoms with Crippen LogP contribution in [-0.2, 0) is 0 Å². The van der Waals surface area contributed by atoms with Gasteiger partial charge in [-0.1, -0.05) is 11.6 Å². The second kappa shape index (κ2) is 5.13. The molecule has 1 heterocycles. The lowest BCUT2D eigenvalue weighted by molar-refractivity contribution is 1.04. The van der Waals surface area contributed by atoms with Gasteiger partial charge < -0.3 is 5.32 Å².